The lowest BCUT2D eigenvalue weighted by molar-refractivity contribution is 0.101. The molecular weight excluding hydrogens is 450 g/mol. The van der Waals surface area contributed by atoms with Gasteiger partial charge in [0.25, 0.3) is 15.9 Å². The zero-order valence-corrected chi connectivity index (χ0v) is 19.9. The van der Waals surface area contributed by atoms with Crippen molar-refractivity contribution in [3.63, 3.8) is 0 Å². The number of fused-ring (bicyclic) bond motifs is 3. The molecule has 1 heterocycles. The van der Waals surface area contributed by atoms with Gasteiger partial charge in [-0.2, -0.15) is 4.31 Å². The minimum Gasteiger partial charge on any atom is -0.497 e. The van der Waals surface area contributed by atoms with Gasteiger partial charge in [-0.1, -0.05) is 17.7 Å². The van der Waals surface area contributed by atoms with E-state index in [1.165, 1.54) is 19.2 Å². The summed E-state index contributed by atoms with van der Waals surface area (Å²) >= 11 is 0. The Balaban J connectivity index is 1.67. The number of methoxy groups -OCH3 is 1. The van der Waals surface area contributed by atoms with E-state index in [-0.39, 0.29) is 16.1 Å². The van der Waals surface area contributed by atoms with Gasteiger partial charge in [-0.3, -0.25) is 4.79 Å². The van der Waals surface area contributed by atoms with E-state index in [9.17, 15) is 13.2 Å². The molecule has 0 spiro atoms. The molecule has 0 radical (unpaired) electrons. The smallest absolute Gasteiger partial charge is 0.272 e. The van der Waals surface area contributed by atoms with Crippen LogP contribution < -0.4 is 9.04 Å². The molecule has 0 fully saturated rings. The third-order valence-electron chi connectivity index (χ3n) is 6.25. The third-order valence-corrected chi connectivity index (χ3v) is 7.98. The number of hydrogen-bond donors (Lipinski definition) is 0. The number of carbonyl (C=O) groups excluding carboxylic acids is 1. The van der Waals surface area contributed by atoms with Gasteiger partial charge < -0.3 is 9.15 Å². The largest absolute Gasteiger partial charge is 0.497 e. The Morgan fingerprint density at radius 1 is 0.941 bits per heavy atom. The standard InChI is InChI=1S/C27H25NO5S/c1-18-7-9-19(10-8-18)27(29)28(34(30,31)22-14-12-21(32-2)13-15-22)20-11-16-26-24(17-20)23-5-3-4-6-25(23)33-26/h7-17H,3-6H2,1-2H3. The first-order chi connectivity index (χ1) is 16.4. The molecule has 3 aromatic carbocycles. The predicted molar refractivity (Wildman–Crippen MR) is 131 cm³/mol. The van der Waals surface area contributed by atoms with Crippen molar-refractivity contribution < 1.29 is 22.4 Å². The monoisotopic (exact) mass is 475 g/mol. The van der Waals surface area contributed by atoms with E-state index in [4.69, 9.17) is 9.15 Å². The number of benzene rings is 3. The summed E-state index contributed by atoms with van der Waals surface area (Å²) in [7, 11) is -2.70. The average Bonchev–Trinajstić information content (AvgIpc) is 3.22. The molecule has 6 nitrogen and oxygen atoms in total. The maximum atomic E-state index is 13.8. The quantitative estimate of drug-likeness (QED) is 0.372. The molecule has 34 heavy (non-hydrogen) atoms. The van der Waals surface area contributed by atoms with Crippen molar-refractivity contribution in [3.8, 4) is 5.75 Å². The number of sulfonamides is 1. The molecule has 5 rings (SSSR count). The third kappa shape index (κ3) is 3.86. The lowest BCUT2D eigenvalue weighted by Gasteiger charge is -2.23. The molecule has 0 aliphatic heterocycles. The maximum Gasteiger partial charge on any atom is 0.272 e. The summed E-state index contributed by atoms with van der Waals surface area (Å²) < 4.78 is 39.7. The van der Waals surface area contributed by atoms with Crippen LogP contribution in [0.2, 0.25) is 0 Å². The van der Waals surface area contributed by atoms with Crippen LogP contribution in [0.3, 0.4) is 0 Å². The Bertz CT molecular complexity index is 1470. The van der Waals surface area contributed by atoms with Gasteiger partial charge in [0.05, 0.1) is 17.7 Å². The van der Waals surface area contributed by atoms with Crippen LogP contribution in [0.15, 0.2) is 76.0 Å². The fourth-order valence-electron chi connectivity index (χ4n) is 4.41. The van der Waals surface area contributed by atoms with Gasteiger partial charge in [0.15, 0.2) is 0 Å². The molecule has 174 valence electrons. The zero-order valence-electron chi connectivity index (χ0n) is 19.1. The van der Waals surface area contributed by atoms with Crippen LogP contribution in [-0.4, -0.2) is 21.4 Å². The second-order valence-electron chi connectivity index (χ2n) is 8.51. The molecule has 1 amide bonds. The molecule has 0 bridgehead atoms. The van der Waals surface area contributed by atoms with Gasteiger partial charge in [0.2, 0.25) is 0 Å². The Morgan fingerprint density at radius 3 is 2.35 bits per heavy atom. The van der Waals surface area contributed by atoms with Gasteiger partial charge in [0, 0.05) is 22.9 Å². The molecule has 7 heteroatoms. The second kappa shape index (κ2) is 8.65. The number of furan rings is 1. The molecular formula is C27H25NO5S. The second-order valence-corrected chi connectivity index (χ2v) is 10.3. The number of ether oxygens (including phenoxy) is 1. The molecule has 1 aliphatic carbocycles. The molecule has 1 aromatic heterocycles. The number of nitrogens with zero attached hydrogens (tertiary/aromatic N) is 1. The maximum absolute atomic E-state index is 13.8. The van der Waals surface area contributed by atoms with Crippen molar-refractivity contribution >= 4 is 32.6 Å². The summed E-state index contributed by atoms with van der Waals surface area (Å²) in [4.78, 5) is 13.7. The fourth-order valence-corrected chi connectivity index (χ4v) is 5.81. The molecule has 0 saturated carbocycles. The summed E-state index contributed by atoms with van der Waals surface area (Å²) in [5, 5.41) is 0.860. The fraction of sp³-hybridized carbons (Fsp3) is 0.222. The predicted octanol–water partition coefficient (Wildman–Crippen LogP) is 5.66. The van der Waals surface area contributed by atoms with Gasteiger partial charge >= 0.3 is 0 Å². The van der Waals surface area contributed by atoms with Crippen molar-refractivity contribution in [1.29, 1.82) is 0 Å². The van der Waals surface area contributed by atoms with E-state index in [0.717, 1.165) is 52.3 Å². The van der Waals surface area contributed by atoms with E-state index in [1.807, 2.05) is 6.92 Å². The lowest BCUT2D eigenvalue weighted by atomic mass is 9.96. The van der Waals surface area contributed by atoms with Crippen LogP contribution in [-0.2, 0) is 22.9 Å². The van der Waals surface area contributed by atoms with E-state index in [0.29, 0.717) is 11.3 Å². The molecule has 1 aliphatic rings. The van der Waals surface area contributed by atoms with Crippen LogP contribution in [0.1, 0.15) is 40.1 Å². The van der Waals surface area contributed by atoms with Crippen LogP contribution >= 0.6 is 0 Å². The van der Waals surface area contributed by atoms with Gasteiger partial charge in [0.1, 0.15) is 17.1 Å². The number of rotatable bonds is 5. The molecule has 0 saturated heterocycles. The summed E-state index contributed by atoms with van der Waals surface area (Å²) in [5.41, 5.74) is 3.36. The van der Waals surface area contributed by atoms with Crippen LogP contribution in [0.5, 0.6) is 5.75 Å². The Kier molecular flexibility index (Phi) is 5.65. The van der Waals surface area contributed by atoms with Crippen molar-refractivity contribution in [2.45, 2.75) is 37.5 Å². The highest BCUT2D eigenvalue weighted by molar-refractivity contribution is 7.93. The van der Waals surface area contributed by atoms with E-state index in [2.05, 4.69) is 0 Å². The number of anilines is 1. The number of aryl methyl sites for hydroxylation is 3. The molecule has 0 unspecified atom stereocenters. The summed E-state index contributed by atoms with van der Waals surface area (Å²) in [5.74, 6) is 0.863. The normalized spacial score (nSPS) is 13.5. The van der Waals surface area contributed by atoms with Crippen molar-refractivity contribution in [1.82, 2.24) is 0 Å². The highest BCUT2D eigenvalue weighted by Crippen LogP contribution is 2.36. The zero-order chi connectivity index (χ0) is 23.9. The molecule has 0 atom stereocenters. The summed E-state index contributed by atoms with van der Waals surface area (Å²) in [6.45, 7) is 1.91. The van der Waals surface area contributed by atoms with Gasteiger partial charge in [-0.15, -0.1) is 0 Å². The van der Waals surface area contributed by atoms with E-state index >= 15 is 0 Å². The van der Waals surface area contributed by atoms with Crippen LogP contribution in [0.25, 0.3) is 11.0 Å². The van der Waals surface area contributed by atoms with Crippen molar-refractivity contribution in [3.05, 3.63) is 89.2 Å². The Morgan fingerprint density at radius 2 is 1.65 bits per heavy atom. The Hall–Kier alpha value is -3.58. The number of carbonyl (C=O) groups is 1. The average molecular weight is 476 g/mol. The highest BCUT2D eigenvalue weighted by atomic mass is 32.2. The number of amides is 1. The first-order valence-electron chi connectivity index (χ1n) is 11.2. The minimum absolute atomic E-state index is 0.00285. The molecule has 4 aromatic rings. The SMILES string of the molecule is COc1ccc(S(=O)(=O)N(C(=O)c2ccc(C)cc2)c2ccc3oc4c(c3c2)CCCC4)cc1. The lowest BCUT2D eigenvalue weighted by Crippen LogP contribution is -2.37. The number of hydrogen-bond acceptors (Lipinski definition) is 5. The summed E-state index contributed by atoms with van der Waals surface area (Å²) in [6, 6.07) is 18.0. The summed E-state index contributed by atoms with van der Waals surface area (Å²) in [6.07, 6.45) is 3.88. The van der Waals surface area contributed by atoms with Crippen molar-refractivity contribution in [2.75, 3.05) is 11.4 Å². The van der Waals surface area contributed by atoms with Gasteiger partial charge in [-0.05, 0) is 80.8 Å². The topological polar surface area (TPSA) is 76.8 Å². The minimum atomic E-state index is -4.21. The highest BCUT2D eigenvalue weighted by Gasteiger charge is 2.33. The molecule has 0 N–H and O–H groups in total. The van der Waals surface area contributed by atoms with Crippen LogP contribution in [0, 0.1) is 6.92 Å². The van der Waals surface area contributed by atoms with Gasteiger partial charge in [-0.25, -0.2) is 8.42 Å². The van der Waals surface area contributed by atoms with E-state index in [1.54, 1.807) is 54.6 Å². The first kappa shape index (κ1) is 22.2. The first-order valence-corrected chi connectivity index (χ1v) is 12.7. The Labute approximate surface area is 198 Å². The van der Waals surface area contributed by atoms with Crippen molar-refractivity contribution in [2.24, 2.45) is 0 Å². The van der Waals surface area contributed by atoms with Crippen LogP contribution in [0.4, 0.5) is 5.69 Å². The van der Waals surface area contributed by atoms with E-state index < -0.39 is 15.9 Å².